The van der Waals surface area contributed by atoms with E-state index >= 15 is 0 Å². The zero-order valence-corrected chi connectivity index (χ0v) is 20.8. The maximum absolute atomic E-state index is 13.3. The quantitative estimate of drug-likeness (QED) is 0.155. The molecular formula is C28H23N3O6S. The highest BCUT2D eigenvalue weighted by molar-refractivity contribution is 7.17. The molecule has 9 nitrogen and oxygen atoms in total. The number of hydrogen-bond donors (Lipinski definition) is 4. The smallest absolute Gasteiger partial charge is 0.274 e. The van der Waals surface area contributed by atoms with E-state index in [9.17, 15) is 14.4 Å². The molecule has 0 unspecified atom stereocenters. The van der Waals surface area contributed by atoms with E-state index in [2.05, 4.69) is 10.6 Å². The maximum Gasteiger partial charge on any atom is 0.274 e. The number of thiophene rings is 1. The van der Waals surface area contributed by atoms with Gasteiger partial charge in [-0.25, -0.2) is 5.48 Å². The third-order valence-corrected chi connectivity index (χ3v) is 6.97. The fourth-order valence-electron chi connectivity index (χ4n) is 4.03. The molecule has 38 heavy (non-hydrogen) atoms. The van der Waals surface area contributed by atoms with Gasteiger partial charge in [-0.05, 0) is 70.4 Å². The van der Waals surface area contributed by atoms with Gasteiger partial charge in [-0.15, -0.1) is 11.3 Å². The number of benzene rings is 3. The average Bonchev–Trinajstić information content (AvgIpc) is 3.58. The van der Waals surface area contributed by atoms with Crippen molar-refractivity contribution in [3.05, 3.63) is 94.9 Å². The van der Waals surface area contributed by atoms with Crippen molar-refractivity contribution in [3.63, 3.8) is 0 Å². The Balaban J connectivity index is 1.33. The van der Waals surface area contributed by atoms with Crippen LogP contribution in [0.25, 0.3) is 16.2 Å². The van der Waals surface area contributed by atoms with Gasteiger partial charge in [-0.3, -0.25) is 19.6 Å². The molecule has 0 saturated heterocycles. The second-order valence-electron chi connectivity index (χ2n) is 8.48. The van der Waals surface area contributed by atoms with Crippen LogP contribution in [-0.4, -0.2) is 35.8 Å². The zero-order valence-electron chi connectivity index (χ0n) is 20.0. The minimum absolute atomic E-state index is 0.161. The molecule has 3 aromatic carbocycles. The second kappa shape index (κ2) is 11.2. The highest BCUT2D eigenvalue weighted by Crippen LogP contribution is 2.32. The Hall–Kier alpha value is -4.67. The molecule has 0 bridgehead atoms. The van der Waals surface area contributed by atoms with E-state index in [4.69, 9.17) is 14.7 Å². The molecule has 4 N–H and O–H groups in total. The van der Waals surface area contributed by atoms with Crippen LogP contribution in [0.15, 0.2) is 78.2 Å². The zero-order chi connectivity index (χ0) is 26.5. The van der Waals surface area contributed by atoms with Crippen LogP contribution in [0.4, 0.5) is 5.69 Å². The molecule has 4 aromatic rings. The Morgan fingerprint density at radius 1 is 1.00 bits per heavy atom. The molecule has 5 rings (SSSR count). The summed E-state index contributed by atoms with van der Waals surface area (Å²) in [5, 5.41) is 17.4. The first-order valence-electron chi connectivity index (χ1n) is 11.7. The van der Waals surface area contributed by atoms with Gasteiger partial charge < -0.3 is 20.1 Å². The number of carbonyl (C=O) groups is 3. The Bertz CT molecular complexity index is 1530. The van der Waals surface area contributed by atoms with Crippen LogP contribution in [0.5, 0.6) is 11.5 Å². The summed E-state index contributed by atoms with van der Waals surface area (Å²) in [6.45, 7) is 0.161. The van der Waals surface area contributed by atoms with Crippen molar-refractivity contribution in [1.82, 2.24) is 10.8 Å². The fraction of sp³-hybridized carbons (Fsp3) is 0.107. The normalized spacial score (nSPS) is 12.9. The molecule has 0 radical (unpaired) electrons. The first-order chi connectivity index (χ1) is 18.5. The predicted molar refractivity (Wildman–Crippen MR) is 143 cm³/mol. The van der Waals surface area contributed by atoms with E-state index < -0.39 is 23.8 Å². The van der Waals surface area contributed by atoms with E-state index in [-0.39, 0.29) is 18.8 Å². The van der Waals surface area contributed by atoms with Crippen molar-refractivity contribution in [2.75, 3.05) is 12.1 Å². The van der Waals surface area contributed by atoms with Gasteiger partial charge in [0.1, 0.15) is 6.04 Å². The van der Waals surface area contributed by atoms with Gasteiger partial charge in [0.2, 0.25) is 18.6 Å². The number of hydrogen-bond acceptors (Lipinski definition) is 7. The van der Waals surface area contributed by atoms with Crippen molar-refractivity contribution < 1.29 is 29.1 Å². The minimum Gasteiger partial charge on any atom is -0.454 e. The lowest BCUT2D eigenvalue weighted by Crippen LogP contribution is -2.44. The summed E-state index contributed by atoms with van der Waals surface area (Å²) >= 11 is 1.58. The van der Waals surface area contributed by atoms with Gasteiger partial charge in [-0.1, -0.05) is 24.3 Å². The van der Waals surface area contributed by atoms with Crippen LogP contribution in [0, 0.1) is 0 Å². The van der Waals surface area contributed by atoms with Gasteiger partial charge in [0.05, 0.1) is 0 Å². The molecule has 3 amide bonds. The summed E-state index contributed by atoms with van der Waals surface area (Å²) in [7, 11) is 0. The number of hydroxylamine groups is 1. The molecular weight excluding hydrogens is 506 g/mol. The van der Waals surface area contributed by atoms with Crippen LogP contribution >= 0.6 is 11.3 Å². The van der Waals surface area contributed by atoms with Gasteiger partial charge in [0, 0.05) is 28.4 Å². The highest BCUT2D eigenvalue weighted by atomic mass is 32.1. The number of nitrogens with one attached hydrogen (secondary N) is 3. The Morgan fingerprint density at radius 3 is 2.61 bits per heavy atom. The lowest BCUT2D eigenvalue weighted by molar-refractivity contribution is -0.123. The molecule has 10 heteroatoms. The van der Waals surface area contributed by atoms with Crippen LogP contribution < -0.4 is 25.6 Å². The topological polar surface area (TPSA) is 126 Å². The van der Waals surface area contributed by atoms with Crippen LogP contribution in [0.2, 0.25) is 0 Å². The molecule has 1 aromatic heterocycles. The first kappa shape index (κ1) is 25.0. The lowest BCUT2D eigenvalue weighted by atomic mass is 10.0. The van der Waals surface area contributed by atoms with Crippen molar-refractivity contribution in [2.45, 2.75) is 12.5 Å². The van der Waals surface area contributed by atoms with Crippen LogP contribution in [-0.2, 0) is 16.0 Å². The average molecular weight is 530 g/mol. The van der Waals surface area contributed by atoms with Gasteiger partial charge in [0.25, 0.3) is 5.91 Å². The standard InChI is InChI=1S/C28H23N3O6S/c32-26(12-6-17-5-11-23-24(13-17)37-16-36-23)30-22(14-19-15-38-25-4-2-1-3-21(19)25)28(34)29-20-9-7-18(8-10-20)27(33)31-35/h1-13,15,22,35H,14,16H2,(H,29,34)(H,30,32)(H,31,33)/b12-6+/t22-/m0/s1. The molecule has 0 saturated carbocycles. The lowest BCUT2D eigenvalue weighted by Gasteiger charge is -2.18. The van der Waals surface area contributed by atoms with E-state index in [0.29, 0.717) is 17.2 Å². The summed E-state index contributed by atoms with van der Waals surface area (Å²) < 4.78 is 11.8. The molecule has 0 aliphatic carbocycles. The summed E-state index contributed by atoms with van der Waals surface area (Å²) in [5.41, 5.74) is 3.93. The molecule has 1 atom stereocenters. The van der Waals surface area contributed by atoms with Crippen molar-refractivity contribution >= 4 is 50.9 Å². The number of fused-ring (bicyclic) bond motifs is 2. The van der Waals surface area contributed by atoms with E-state index in [1.165, 1.54) is 18.2 Å². The second-order valence-corrected chi connectivity index (χ2v) is 9.39. The van der Waals surface area contributed by atoms with Crippen molar-refractivity contribution in [2.24, 2.45) is 0 Å². The number of anilines is 1. The SMILES string of the molecule is O=C(/C=C/c1ccc2c(c1)OCO2)N[C@@H](Cc1csc2ccccc12)C(=O)Nc1ccc(C(=O)NO)cc1. The van der Waals surface area contributed by atoms with Gasteiger partial charge in [0.15, 0.2) is 11.5 Å². The van der Waals surface area contributed by atoms with Gasteiger partial charge >= 0.3 is 0 Å². The number of ether oxygens (including phenoxy) is 2. The minimum atomic E-state index is -0.873. The molecule has 2 heterocycles. The Kier molecular flexibility index (Phi) is 7.34. The molecule has 1 aliphatic heterocycles. The van der Waals surface area contributed by atoms with Crippen molar-refractivity contribution in [3.8, 4) is 11.5 Å². The van der Waals surface area contributed by atoms with Crippen molar-refractivity contribution in [1.29, 1.82) is 0 Å². The molecule has 0 spiro atoms. The first-order valence-corrected chi connectivity index (χ1v) is 12.6. The summed E-state index contributed by atoms with van der Waals surface area (Å²) in [4.78, 5) is 37.7. The highest BCUT2D eigenvalue weighted by Gasteiger charge is 2.22. The van der Waals surface area contributed by atoms with E-state index in [1.54, 1.807) is 53.2 Å². The number of carbonyl (C=O) groups excluding carboxylic acids is 3. The summed E-state index contributed by atoms with van der Waals surface area (Å²) in [5.74, 6) is -0.249. The van der Waals surface area contributed by atoms with Gasteiger partial charge in [-0.2, -0.15) is 0 Å². The maximum atomic E-state index is 13.3. The number of amides is 3. The Morgan fingerprint density at radius 2 is 1.79 bits per heavy atom. The molecule has 1 aliphatic rings. The van der Waals surface area contributed by atoms with E-state index in [0.717, 1.165) is 21.2 Å². The van der Waals surface area contributed by atoms with Crippen LogP contribution in [0.1, 0.15) is 21.5 Å². The predicted octanol–water partition coefficient (Wildman–Crippen LogP) is 4.13. The Labute approximate surface area is 221 Å². The molecule has 0 fully saturated rings. The van der Waals surface area contributed by atoms with E-state index in [1.807, 2.05) is 29.6 Å². The fourth-order valence-corrected chi connectivity index (χ4v) is 5.00. The van der Waals surface area contributed by atoms with Crippen LogP contribution in [0.3, 0.4) is 0 Å². The molecule has 192 valence electrons. The summed E-state index contributed by atoms with van der Waals surface area (Å²) in [6, 6.07) is 18.4. The monoisotopic (exact) mass is 529 g/mol. The number of rotatable bonds is 8. The summed E-state index contributed by atoms with van der Waals surface area (Å²) in [6.07, 6.45) is 3.29. The third-order valence-electron chi connectivity index (χ3n) is 5.96. The third kappa shape index (κ3) is 5.66. The largest absolute Gasteiger partial charge is 0.454 e.